The van der Waals surface area contributed by atoms with Crippen LogP contribution in [0.4, 0.5) is 5.69 Å². The molecule has 6 rings (SSSR count). The van der Waals surface area contributed by atoms with Crippen molar-refractivity contribution in [3.63, 3.8) is 0 Å². The van der Waals surface area contributed by atoms with E-state index in [1.165, 1.54) is 0 Å². The monoisotopic (exact) mass is 651 g/mol. The molecule has 5 aromatic rings. The minimum Gasteiger partial charge on any atom is -0.497 e. The van der Waals surface area contributed by atoms with Gasteiger partial charge in [-0.25, -0.2) is 0 Å². The van der Waals surface area contributed by atoms with Gasteiger partial charge in [-0.05, 0) is 88.3 Å². The minimum absolute atomic E-state index is 0.0771. The Morgan fingerprint density at radius 3 is 1.96 bits per heavy atom. The van der Waals surface area contributed by atoms with E-state index in [2.05, 4.69) is 58.8 Å². The molecule has 0 amide bonds. The van der Waals surface area contributed by atoms with Gasteiger partial charge >= 0.3 is 7.12 Å². The largest absolute Gasteiger partial charge is 0.497 e. The van der Waals surface area contributed by atoms with Crippen LogP contribution in [-0.2, 0) is 22.4 Å². The van der Waals surface area contributed by atoms with Crippen molar-refractivity contribution in [2.45, 2.75) is 31.8 Å². The van der Waals surface area contributed by atoms with E-state index >= 15 is 0 Å². The Morgan fingerprint density at radius 2 is 1.36 bits per heavy atom. The van der Waals surface area contributed by atoms with Crippen LogP contribution in [0.25, 0.3) is 11.4 Å². The molecular weight excluding hydrogens is 613 g/mol. The Hall–Kier alpha value is -4.52. The maximum Gasteiger partial charge on any atom is 0.494 e. The van der Waals surface area contributed by atoms with Crippen molar-refractivity contribution in [1.82, 2.24) is 20.2 Å². The summed E-state index contributed by atoms with van der Waals surface area (Å²) in [4.78, 5) is 2.54. The van der Waals surface area contributed by atoms with Gasteiger partial charge in [0.15, 0.2) is 0 Å². The molecule has 12 heteroatoms. The van der Waals surface area contributed by atoms with Gasteiger partial charge in [-0.3, -0.25) is 0 Å². The lowest BCUT2D eigenvalue weighted by molar-refractivity contribution is 0.0343. The zero-order valence-electron chi connectivity index (χ0n) is 27.3. The molecule has 1 aliphatic heterocycles. The first-order chi connectivity index (χ1) is 22.8. The van der Waals surface area contributed by atoms with Crippen molar-refractivity contribution in [1.29, 1.82) is 0 Å². The smallest absolute Gasteiger partial charge is 0.494 e. The molecule has 242 valence electrons. The average Bonchev–Trinajstić information content (AvgIpc) is 3.56. The quantitative estimate of drug-likeness (QED) is 0.120. The second-order valence-electron chi connectivity index (χ2n) is 12.0. The third-order valence-corrected chi connectivity index (χ3v) is 8.87. The zero-order chi connectivity index (χ0) is 32.8. The molecule has 0 saturated carbocycles. The molecule has 1 fully saturated rings. The molecule has 1 saturated heterocycles. The van der Waals surface area contributed by atoms with Crippen LogP contribution in [0, 0.1) is 5.41 Å². The van der Waals surface area contributed by atoms with Crippen molar-refractivity contribution in [2.75, 3.05) is 38.8 Å². The van der Waals surface area contributed by atoms with Gasteiger partial charge < -0.3 is 27.8 Å². The minimum atomic E-state index is -0.567. The highest BCUT2D eigenvalue weighted by molar-refractivity contribution is 8.00. The molecule has 47 heavy (non-hydrogen) atoms. The predicted octanol–water partition coefficient (Wildman–Crippen LogP) is 5.90. The Kier molecular flexibility index (Phi) is 10.0. The lowest BCUT2D eigenvalue weighted by atomic mass is 9.73. The van der Waals surface area contributed by atoms with Crippen LogP contribution in [0.2, 0.25) is 0 Å². The lowest BCUT2D eigenvalue weighted by Gasteiger charge is -2.33. The topological polar surface area (TPSA) is 93.0 Å². The first kappa shape index (κ1) is 32.4. The fourth-order valence-corrected chi connectivity index (χ4v) is 6.29. The van der Waals surface area contributed by atoms with Gasteiger partial charge in [0.05, 0.1) is 34.4 Å². The Labute approximate surface area is 280 Å². The zero-order valence-corrected chi connectivity index (χ0v) is 28.1. The van der Waals surface area contributed by atoms with E-state index in [4.69, 9.17) is 28.6 Å². The number of hydrogen-bond acceptors (Lipinski definition) is 10. The molecule has 4 aromatic carbocycles. The Bertz CT molecular complexity index is 1760. The number of anilines is 1. The highest BCUT2D eigenvalue weighted by atomic mass is 32.2. The van der Waals surface area contributed by atoms with E-state index in [1.54, 1.807) is 38.1 Å². The van der Waals surface area contributed by atoms with Crippen molar-refractivity contribution in [3.8, 4) is 28.6 Å². The summed E-state index contributed by atoms with van der Waals surface area (Å²) in [5, 5.41) is 13.8. The van der Waals surface area contributed by atoms with E-state index in [-0.39, 0.29) is 5.41 Å². The summed E-state index contributed by atoms with van der Waals surface area (Å²) in [6.45, 7) is 6.49. The van der Waals surface area contributed by atoms with Crippen LogP contribution in [0.3, 0.4) is 0 Å². The van der Waals surface area contributed by atoms with Crippen molar-refractivity contribution in [2.24, 2.45) is 5.41 Å². The van der Waals surface area contributed by atoms with Crippen molar-refractivity contribution in [3.05, 3.63) is 102 Å². The van der Waals surface area contributed by atoms with E-state index in [1.807, 2.05) is 60.7 Å². The summed E-state index contributed by atoms with van der Waals surface area (Å²) >= 11 is 1.60. The maximum absolute atomic E-state index is 6.29. The number of hydrogen-bond donors (Lipinski definition) is 0. The number of rotatable bonds is 12. The molecule has 0 bridgehead atoms. The lowest BCUT2D eigenvalue weighted by Crippen LogP contribution is -2.48. The number of tetrazole rings is 1. The standard InChI is InChI=1S/C35H38BN5O5S/c1-35(2)23-45-36(46-24-35)31-7-6-8-32(33(31)34-37-39-41(38-34)22-26-11-17-29(43-4)18-12-26)47-40(27-13-19-30(44-5)20-14-27)21-25-9-15-28(42-3)16-10-25/h6-20H,21-24H2,1-5H3. The molecule has 0 atom stereocenters. The van der Waals surface area contributed by atoms with Crippen LogP contribution in [-0.4, -0.2) is 61.9 Å². The second-order valence-corrected chi connectivity index (χ2v) is 13.1. The van der Waals surface area contributed by atoms with Crippen LogP contribution in [0.15, 0.2) is 95.9 Å². The molecule has 0 N–H and O–H groups in total. The normalized spacial score (nSPS) is 14.1. The number of benzene rings is 4. The molecule has 0 spiro atoms. The highest BCUT2D eigenvalue weighted by Crippen LogP contribution is 2.37. The molecule has 2 heterocycles. The van der Waals surface area contributed by atoms with Crippen LogP contribution >= 0.6 is 11.9 Å². The first-order valence-electron chi connectivity index (χ1n) is 15.3. The van der Waals surface area contributed by atoms with Gasteiger partial charge in [-0.15, -0.1) is 10.2 Å². The van der Waals surface area contributed by atoms with Crippen LogP contribution in [0.5, 0.6) is 17.2 Å². The summed E-state index contributed by atoms with van der Waals surface area (Å²) in [6, 6.07) is 30.1. The van der Waals surface area contributed by atoms with Crippen molar-refractivity contribution < 1.29 is 23.5 Å². The maximum atomic E-state index is 6.29. The third-order valence-electron chi connectivity index (χ3n) is 7.78. The predicted molar refractivity (Wildman–Crippen MR) is 184 cm³/mol. The Balaban J connectivity index is 1.38. The average molecular weight is 652 g/mol. The van der Waals surface area contributed by atoms with Gasteiger partial charge in [0.2, 0.25) is 5.82 Å². The summed E-state index contributed by atoms with van der Waals surface area (Å²) in [7, 11) is 4.43. The summed E-state index contributed by atoms with van der Waals surface area (Å²) < 4.78 is 31.0. The molecular formula is C35H38BN5O5S. The molecule has 1 aromatic heterocycles. The highest BCUT2D eigenvalue weighted by Gasteiger charge is 2.36. The molecule has 1 aliphatic rings. The van der Waals surface area contributed by atoms with Gasteiger partial charge in [-0.2, -0.15) is 4.80 Å². The first-order valence-corrected chi connectivity index (χ1v) is 16.1. The van der Waals surface area contributed by atoms with Gasteiger partial charge in [-0.1, -0.05) is 50.2 Å². The van der Waals surface area contributed by atoms with Gasteiger partial charge in [0.1, 0.15) is 17.2 Å². The van der Waals surface area contributed by atoms with Crippen LogP contribution in [0.1, 0.15) is 25.0 Å². The number of aromatic nitrogens is 4. The van der Waals surface area contributed by atoms with Gasteiger partial charge in [0, 0.05) is 34.8 Å². The summed E-state index contributed by atoms with van der Waals surface area (Å²) in [5.74, 6) is 2.89. The molecule has 0 unspecified atom stereocenters. The molecule has 0 radical (unpaired) electrons. The van der Waals surface area contributed by atoms with E-state index < -0.39 is 7.12 Å². The number of methoxy groups -OCH3 is 3. The Morgan fingerprint density at radius 1 is 0.787 bits per heavy atom. The summed E-state index contributed by atoms with van der Waals surface area (Å²) in [5.41, 5.74) is 4.75. The fourth-order valence-electron chi connectivity index (χ4n) is 5.18. The number of ether oxygens (including phenoxy) is 3. The van der Waals surface area contributed by atoms with E-state index in [9.17, 15) is 0 Å². The van der Waals surface area contributed by atoms with E-state index in [0.717, 1.165) is 50.0 Å². The van der Waals surface area contributed by atoms with Crippen molar-refractivity contribution >= 4 is 30.2 Å². The molecule has 10 nitrogen and oxygen atoms in total. The third kappa shape index (κ3) is 7.90. The van der Waals surface area contributed by atoms with E-state index in [0.29, 0.717) is 32.1 Å². The summed E-state index contributed by atoms with van der Waals surface area (Å²) in [6.07, 6.45) is 0. The fraction of sp³-hybridized carbons (Fsp3) is 0.286. The number of nitrogens with zero attached hydrogens (tertiary/aromatic N) is 5. The van der Waals surface area contributed by atoms with Crippen LogP contribution < -0.4 is 24.0 Å². The SMILES string of the molecule is COc1ccc(CN(Sc2cccc(B3OCC(C)(C)CO3)c2-c2nnn(Cc3ccc(OC)cc3)n2)c2ccc(OC)cc2)cc1. The molecule has 0 aliphatic carbocycles. The second kappa shape index (κ2) is 14.5. The van der Waals surface area contributed by atoms with Gasteiger partial charge in [0.25, 0.3) is 0 Å².